The van der Waals surface area contributed by atoms with Crippen molar-refractivity contribution >= 4 is 0 Å². The highest BCUT2D eigenvalue weighted by Gasteiger charge is 2.36. The zero-order chi connectivity index (χ0) is 11.6. The Morgan fingerprint density at radius 2 is 2.06 bits per heavy atom. The molecule has 0 radical (unpaired) electrons. The second kappa shape index (κ2) is 5.05. The summed E-state index contributed by atoms with van der Waals surface area (Å²) in [6.07, 6.45) is 8.51. The molecule has 0 saturated heterocycles. The van der Waals surface area contributed by atoms with Crippen LogP contribution in [0, 0.1) is 11.8 Å². The van der Waals surface area contributed by atoms with Crippen LogP contribution in [-0.2, 0) is 0 Å². The summed E-state index contributed by atoms with van der Waals surface area (Å²) < 4.78 is 0. The van der Waals surface area contributed by atoms with Gasteiger partial charge in [0.1, 0.15) is 0 Å². The average molecular weight is 225 g/mol. The van der Waals surface area contributed by atoms with Gasteiger partial charge in [0.05, 0.1) is 5.60 Å². The first kappa shape index (κ1) is 12.4. The molecule has 2 rings (SSSR count). The van der Waals surface area contributed by atoms with E-state index in [0.29, 0.717) is 6.04 Å². The smallest absolute Gasteiger partial charge is 0.0771 e. The molecule has 2 N–H and O–H groups in total. The molecule has 2 fully saturated rings. The number of hydrogen-bond acceptors (Lipinski definition) is 2. The van der Waals surface area contributed by atoms with Crippen LogP contribution in [0.5, 0.6) is 0 Å². The summed E-state index contributed by atoms with van der Waals surface area (Å²) in [5.74, 6) is 1.72. The third kappa shape index (κ3) is 2.78. The van der Waals surface area contributed by atoms with Gasteiger partial charge in [-0.15, -0.1) is 0 Å². The first-order chi connectivity index (χ1) is 7.63. The second-order valence-corrected chi connectivity index (χ2v) is 6.15. The highest BCUT2D eigenvalue weighted by atomic mass is 16.3. The van der Waals surface area contributed by atoms with E-state index in [9.17, 15) is 5.11 Å². The van der Waals surface area contributed by atoms with Gasteiger partial charge in [-0.25, -0.2) is 0 Å². The second-order valence-electron chi connectivity index (χ2n) is 6.15. The molecule has 3 unspecified atom stereocenters. The largest absolute Gasteiger partial charge is 0.389 e. The summed E-state index contributed by atoms with van der Waals surface area (Å²) in [6, 6.07) is 0.658. The summed E-state index contributed by atoms with van der Waals surface area (Å²) in [6.45, 7) is 5.50. The first-order valence-corrected chi connectivity index (χ1v) is 7.09. The van der Waals surface area contributed by atoms with Crippen LogP contribution in [0.1, 0.15) is 58.8 Å². The lowest BCUT2D eigenvalue weighted by molar-refractivity contribution is -0.0359. The van der Waals surface area contributed by atoms with Gasteiger partial charge in [-0.2, -0.15) is 0 Å². The standard InChI is InChI=1S/C14H27NO/c1-3-12-9-11(2)5-6-13(12)15-10-14(16)7-4-8-14/h11-13,15-16H,3-10H2,1-2H3. The van der Waals surface area contributed by atoms with Gasteiger partial charge in [-0.3, -0.25) is 0 Å². The molecule has 0 aromatic carbocycles. The third-order valence-electron chi connectivity index (χ3n) is 4.75. The summed E-state index contributed by atoms with van der Waals surface area (Å²) in [7, 11) is 0. The Morgan fingerprint density at radius 3 is 2.62 bits per heavy atom. The Kier molecular flexibility index (Phi) is 3.91. The van der Waals surface area contributed by atoms with E-state index in [4.69, 9.17) is 0 Å². The fourth-order valence-electron chi connectivity index (χ4n) is 3.30. The fourth-order valence-corrected chi connectivity index (χ4v) is 3.30. The summed E-state index contributed by atoms with van der Waals surface area (Å²) in [5.41, 5.74) is -0.360. The quantitative estimate of drug-likeness (QED) is 0.771. The molecule has 2 nitrogen and oxygen atoms in total. The Morgan fingerprint density at radius 1 is 1.31 bits per heavy atom. The zero-order valence-corrected chi connectivity index (χ0v) is 10.8. The van der Waals surface area contributed by atoms with Crippen molar-refractivity contribution in [2.75, 3.05) is 6.54 Å². The topological polar surface area (TPSA) is 32.3 Å². The minimum absolute atomic E-state index is 0.360. The van der Waals surface area contributed by atoms with Crippen molar-refractivity contribution in [1.82, 2.24) is 5.32 Å². The van der Waals surface area contributed by atoms with Crippen molar-refractivity contribution in [1.29, 1.82) is 0 Å². The predicted molar refractivity (Wildman–Crippen MR) is 67.4 cm³/mol. The van der Waals surface area contributed by atoms with Crippen molar-refractivity contribution in [2.45, 2.75) is 70.4 Å². The number of rotatable bonds is 4. The lowest BCUT2D eigenvalue weighted by Gasteiger charge is -2.41. The summed E-state index contributed by atoms with van der Waals surface area (Å²) in [4.78, 5) is 0. The van der Waals surface area contributed by atoms with Gasteiger partial charge in [-0.1, -0.05) is 20.3 Å². The number of nitrogens with one attached hydrogen (secondary N) is 1. The fraction of sp³-hybridized carbons (Fsp3) is 1.00. The summed E-state index contributed by atoms with van der Waals surface area (Å²) >= 11 is 0. The molecule has 0 aliphatic heterocycles. The normalized spacial score (nSPS) is 38.1. The van der Waals surface area contributed by atoms with Crippen molar-refractivity contribution < 1.29 is 5.11 Å². The average Bonchev–Trinajstić information content (AvgIpc) is 2.24. The van der Waals surface area contributed by atoms with E-state index in [2.05, 4.69) is 19.2 Å². The lowest BCUT2D eigenvalue weighted by Crippen LogP contribution is -2.51. The molecule has 0 aromatic heterocycles. The van der Waals surface area contributed by atoms with Crippen LogP contribution in [0.25, 0.3) is 0 Å². The Balaban J connectivity index is 1.79. The number of aliphatic hydroxyl groups is 1. The molecule has 0 aromatic rings. The van der Waals surface area contributed by atoms with Gasteiger partial charge < -0.3 is 10.4 Å². The molecule has 16 heavy (non-hydrogen) atoms. The van der Waals surface area contributed by atoms with Crippen LogP contribution < -0.4 is 5.32 Å². The number of hydrogen-bond donors (Lipinski definition) is 2. The minimum atomic E-state index is -0.360. The molecule has 0 bridgehead atoms. The van der Waals surface area contributed by atoms with Crippen molar-refractivity contribution in [2.24, 2.45) is 11.8 Å². The van der Waals surface area contributed by atoms with E-state index in [1.54, 1.807) is 0 Å². The monoisotopic (exact) mass is 225 g/mol. The summed E-state index contributed by atoms with van der Waals surface area (Å²) in [5, 5.41) is 13.7. The Hall–Kier alpha value is -0.0800. The van der Waals surface area contributed by atoms with Gasteiger partial charge in [0.15, 0.2) is 0 Å². The molecule has 0 amide bonds. The molecule has 0 spiro atoms. The van der Waals surface area contributed by atoms with Crippen LogP contribution in [-0.4, -0.2) is 23.3 Å². The van der Waals surface area contributed by atoms with Gasteiger partial charge in [0.2, 0.25) is 0 Å². The minimum Gasteiger partial charge on any atom is -0.389 e. The Labute approximate surface area is 99.8 Å². The zero-order valence-electron chi connectivity index (χ0n) is 10.8. The van der Waals surface area contributed by atoms with Gasteiger partial charge >= 0.3 is 0 Å². The van der Waals surface area contributed by atoms with E-state index in [1.807, 2.05) is 0 Å². The van der Waals surface area contributed by atoms with Crippen molar-refractivity contribution in [3.63, 3.8) is 0 Å². The van der Waals surface area contributed by atoms with Crippen LogP contribution in [0.4, 0.5) is 0 Å². The van der Waals surface area contributed by atoms with Crippen LogP contribution >= 0.6 is 0 Å². The molecule has 2 heteroatoms. The molecule has 2 aliphatic rings. The Bertz CT molecular complexity index is 225. The van der Waals surface area contributed by atoms with Crippen LogP contribution in [0.3, 0.4) is 0 Å². The van der Waals surface area contributed by atoms with Crippen LogP contribution in [0.2, 0.25) is 0 Å². The van der Waals surface area contributed by atoms with Gasteiger partial charge in [0.25, 0.3) is 0 Å². The molecular weight excluding hydrogens is 198 g/mol. The molecule has 3 atom stereocenters. The van der Waals surface area contributed by atoms with Gasteiger partial charge in [0, 0.05) is 12.6 Å². The maximum atomic E-state index is 10.1. The molecule has 2 saturated carbocycles. The van der Waals surface area contributed by atoms with Crippen LogP contribution in [0.15, 0.2) is 0 Å². The molecule has 0 heterocycles. The van der Waals surface area contributed by atoms with Gasteiger partial charge in [-0.05, 0) is 50.4 Å². The SMILES string of the molecule is CCC1CC(C)CCC1NCC1(O)CCC1. The van der Waals surface area contributed by atoms with E-state index < -0.39 is 0 Å². The molecular formula is C14H27NO. The van der Waals surface area contributed by atoms with E-state index in [0.717, 1.165) is 31.2 Å². The first-order valence-electron chi connectivity index (χ1n) is 7.09. The highest BCUT2D eigenvalue weighted by molar-refractivity contribution is 4.92. The maximum absolute atomic E-state index is 10.1. The third-order valence-corrected chi connectivity index (χ3v) is 4.75. The highest BCUT2D eigenvalue weighted by Crippen LogP contribution is 2.34. The van der Waals surface area contributed by atoms with E-state index in [1.165, 1.54) is 32.1 Å². The van der Waals surface area contributed by atoms with E-state index >= 15 is 0 Å². The maximum Gasteiger partial charge on any atom is 0.0771 e. The lowest BCUT2D eigenvalue weighted by atomic mass is 9.76. The van der Waals surface area contributed by atoms with Crippen molar-refractivity contribution in [3.05, 3.63) is 0 Å². The predicted octanol–water partition coefficient (Wildman–Crippen LogP) is 2.71. The molecule has 2 aliphatic carbocycles. The molecule has 94 valence electrons. The van der Waals surface area contributed by atoms with E-state index in [-0.39, 0.29) is 5.60 Å². The van der Waals surface area contributed by atoms with Crippen molar-refractivity contribution in [3.8, 4) is 0 Å².